The van der Waals surface area contributed by atoms with Crippen molar-refractivity contribution in [2.75, 3.05) is 6.54 Å². The number of aromatic nitrogens is 2. The van der Waals surface area contributed by atoms with Crippen LogP contribution in [0, 0.1) is 6.92 Å². The molecule has 4 aromatic rings. The van der Waals surface area contributed by atoms with Crippen LogP contribution in [0.3, 0.4) is 0 Å². The van der Waals surface area contributed by atoms with Gasteiger partial charge in [-0.1, -0.05) is 6.07 Å². The van der Waals surface area contributed by atoms with Crippen molar-refractivity contribution in [3.05, 3.63) is 73.8 Å². The molecule has 0 saturated heterocycles. The molecular weight excluding hydrogens is 422 g/mol. The van der Waals surface area contributed by atoms with Gasteiger partial charge >= 0.3 is 0 Å². The Balaban J connectivity index is 1.28. The molecule has 0 atom stereocenters. The molecule has 3 heterocycles. The van der Waals surface area contributed by atoms with Crippen molar-refractivity contribution < 1.29 is 9.53 Å². The summed E-state index contributed by atoms with van der Waals surface area (Å²) in [5.74, 6) is 0.558. The van der Waals surface area contributed by atoms with Crippen molar-refractivity contribution in [1.29, 1.82) is 0 Å². The first-order valence-electron chi connectivity index (χ1n) is 9.07. The molecule has 148 valence electrons. The molecule has 0 fully saturated rings. The number of aryl methyl sites for hydroxylation is 1. The molecule has 8 heteroatoms. The average Bonchev–Trinajstić information content (AvgIpc) is 3.48. The first kappa shape index (κ1) is 19.8. The molecule has 0 spiro atoms. The van der Waals surface area contributed by atoms with Crippen LogP contribution in [0.5, 0.6) is 5.75 Å². The number of ether oxygens (including phenoxy) is 1. The van der Waals surface area contributed by atoms with E-state index in [1.165, 1.54) is 21.1 Å². The van der Waals surface area contributed by atoms with E-state index in [2.05, 4.69) is 32.8 Å². The van der Waals surface area contributed by atoms with Crippen LogP contribution in [-0.4, -0.2) is 22.4 Å². The summed E-state index contributed by atoms with van der Waals surface area (Å²) in [6.07, 6.45) is 0.791. The van der Waals surface area contributed by atoms with Crippen LogP contribution in [0.1, 0.15) is 25.9 Å². The number of rotatable bonds is 8. The second-order valence-electron chi connectivity index (χ2n) is 6.32. The fraction of sp³-hybridized carbons (Fsp3) is 0.190. The minimum Gasteiger partial charge on any atom is -0.487 e. The Kier molecular flexibility index (Phi) is 6.33. The largest absolute Gasteiger partial charge is 0.487 e. The number of thiazole rings is 2. The Bertz CT molecular complexity index is 1090. The van der Waals surface area contributed by atoms with Gasteiger partial charge in [-0.05, 0) is 43.7 Å². The zero-order chi connectivity index (χ0) is 20.1. The lowest BCUT2D eigenvalue weighted by atomic mass is 10.2. The molecule has 0 aliphatic heterocycles. The number of amides is 1. The SMILES string of the molecule is Cc1nc(-c2ccc(CCNC(=O)c3cccc(OCc4cscn4)c3)s2)cs1. The third-order valence-electron chi connectivity index (χ3n) is 4.16. The Labute approximate surface area is 181 Å². The summed E-state index contributed by atoms with van der Waals surface area (Å²) < 4.78 is 5.72. The number of benzene rings is 1. The van der Waals surface area contributed by atoms with Gasteiger partial charge in [0, 0.05) is 27.7 Å². The van der Waals surface area contributed by atoms with E-state index >= 15 is 0 Å². The molecule has 1 amide bonds. The van der Waals surface area contributed by atoms with Gasteiger partial charge in [0.2, 0.25) is 0 Å². The first-order valence-corrected chi connectivity index (χ1v) is 11.7. The summed E-state index contributed by atoms with van der Waals surface area (Å²) in [7, 11) is 0. The van der Waals surface area contributed by atoms with Gasteiger partial charge in [-0.15, -0.1) is 34.0 Å². The number of hydrogen-bond acceptors (Lipinski definition) is 7. The number of hydrogen-bond donors (Lipinski definition) is 1. The summed E-state index contributed by atoms with van der Waals surface area (Å²) in [5.41, 5.74) is 4.28. The van der Waals surface area contributed by atoms with Crippen LogP contribution in [-0.2, 0) is 13.0 Å². The molecule has 1 N–H and O–H groups in total. The van der Waals surface area contributed by atoms with E-state index in [1.54, 1.807) is 40.3 Å². The predicted molar refractivity (Wildman–Crippen MR) is 119 cm³/mol. The highest BCUT2D eigenvalue weighted by Gasteiger charge is 2.09. The highest BCUT2D eigenvalue weighted by molar-refractivity contribution is 7.16. The number of nitrogens with zero attached hydrogens (tertiary/aromatic N) is 2. The highest BCUT2D eigenvalue weighted by Crippen LogP contribution is 2.29. The van der Waals surface area contributed by atoms with Crippen molar-refractivity contribution in [2.24, 2.45) is 0 Å². The van der Waals surface area contributed by atoms with Crippen molar-refractivity contribution >= 4 is 39.9 Å². The number of carbonyl (C=O) groups is 1. The summed E-state index contributed by atoms with van der Waals surface area (Å²) >= 11 is 4.91. The van der Waals surface area contributed by atoms with Gasteiger partial charge in [0.15, 0.2) is 0 Å². The number of nitrogens with one attached hydrogen (secondary N) is 1. The van der Waals surface area contributed by atoms with E-state index in [-0.39, 0.29) is 5.91 Å². The third-order valence-corrected chi connectivity index (χ3v) is 6.73. The lowest BCUT2D eigenvalue weighted by molar-refractivity contribution is 0.0953. The van der Waals surface area contributed by atoms with Crippen LogP contribution < -0.4 is 10.1 Å². The van der Waals surface area contributed by atoms with Gasteiger partial charge < -0.3 is 10.1 Å². The van der Waals surface area contributed by atoms with Gasteiger partial charge in [0.1, 0.15) is 12.4 Å². The van der Waals surface area contributed by atoms with Crippen LogP contribution in [0.15, 0.2) is 52.7 Å². The maximum absolute atomic E-state index is 12.5. The van der Waals surface area contributed by atoms with E-state index in [9.17, 15) is 4.79 Å². The monoisotopic (exact) mass is 441 g/mol. The van der Waals surface area contributed by atoms with Gasteiger partial charge in [-0.3, -0.25) is 4.79 Å². The molecule has 3 aromatic heterocycles. The average molecular weight is 442 g/mol. The number of thiophene rings is 1. The van der Waals surface area contributed by atoms with Crippen molar-refractivity contribution in [2.45, 2.75) is 20.0 Å². The molecule has 0 saturated carbocycles. The van der Waals surface area contributed by atoms with E-state index in [1.807, 2.05) is 24.4 Å². The van der Waals surface area contributed by atoms with Crippen molar-refractivity contribution in [1.82, 2.24) is 15.3 Å². The van der Waals surface area contributed by atoms with Gasteiger partial charge in [-0.25, -0.2) is 9.97 Å². The second-order valence-corrected chi connectivity index (χ2v) is 9.27. The summed E-state index contributed by atoms with van der Waals surface area (Å²) in [4.78, 5) is 23.6. The fourth-order valence-electron chi connectivity index (χ4n) is 2.72. The Morgan fingerprint density at radius 1 is 1.21 bits per heavy atom. The molecule has 0 aliphatic carbocycles. The second kappa shape index (κ2) is 9.30. The summed E-state index contributed by atoms with van der Waals surface area (Å²) in [5, 5.41) is 8.08. The first-order chi connectivity index (χ1) is 14.2. The van der Waals surface area contributed by atoms with Gasteiger partial charge in [-0.2, -0.15) is 0 Å². The lowest BCUT2D eigenvalue weighted by Crippen LogP contribution is -2.25. The third kappa shape index (κ3) is 5.29. The maximum atomic E-state index is 12.5. The predicted octanol–water partition coefficient (Wildman–Crippen LogP) is 5.19. The van der Waals surface area contributed by atoms with E-state index in [0.29, 0.717) is 24.5 Å². The molecule has 0 aliphatic rings. The highest BCUT2D eigenvalue weighted by atomic mass is 32.1. The van der Waals surface area contributed by atoms with Crippen molar-refractivity contribution in [3.8, 4) is 16.3 Å². The van der Waals surface area contributed by atoms with Crippen LogP contribution in [0.4, 0.5) is 0 Å². The molecule has 1 aromatic carbocycles. The Morgan fingerprint density at radius 2 is 2.14 bits per heavy atom. The molecular formula is C21H19N3O2S3. The number of carbonyl (C=O) groups excluding carboxylic acids is 1. The van der Waals surface area contributed by atoms with Crippen LogP contribution >= 0.6 is 34.0 Å². The minimum absolute atomic E-state index is 0.101. The molecule has 0 bridgehead atoms. The zero-order valence-electron chi connectivity index (χ0n) is 15.8. The smallest absolute Gasteiger partial charge is 0.251 e. The van der Waals surface area contributed by atoms with Crippen LogP contribution in [0.2, 0.25) is 0 Å². The molecule has 4 rings (SSSR count). The van der Waals surface area contributed by atoms with E-state index in [4.69, 9.17) is 4.74 Å². The summed E-state index contributed by atoms with van der Waals surface area (Å²) in [6.45, 7) is 2.99. The van der Waals surface area contributed by atoms with Gasteiger partial charge in [0.25, 0.3) is 5.91 Å². The topological polar surface area (TPSA) is 64.1 Å². The van der Waals surface area contributed by atoms with Crippen molar-refractivity contribution in [3.63, 3.8) is 0 Å². The minimum atomic E-state index is -0.101. The maximum Gasteiger partial charge on any atom is 0.251 e. The molecule has 5 nitrogen and oxygen atoms in total. The van der Waals surface area contributed by atoms with E-state index in [0.717, 1.165) is 22.8 Å². The fourth-order valence-corrected chi connectivity index (χ4v) is 4.92. The quantitative estimate of drug-likeness (QED) is 0.409. The molecule has 0 radical (unpaired) electrons. The zero-order valence-corrected chi connectivity index (χ0v) is 18.2. The van der Waals surface area contributed by atoms with Crippen LogP contribution in [0.25, 0.3) is 10.6 Å². The van der Waals surface area contributed by atoms with E-state index < -0.39 is 0 Å². The summed E-state index contributed by atoms with van der Waals surface area (Å²) in [6, 6.07) is 11.4. The molecule has 0 unspecified atom stereocenters. The Morgan fingerprint density at radius 3 is 2.93 bits per heavy atom. The lowest BCUT2D eigenvalue weighted by Gasteiger charge is -2.08. The van der Waals surface area contributed by atoms with Gasteiger partial charge in [0.05, 0.1) is 26.8 Å². The normalized spacial score (nSPS) is 10.8. The molecule has 29 heavy (non-hydrogen) atoms. The Hall–Kier alpha value is -2.55. The standard InChI is InChI=1S/C21H19N3O2S3/c1-14-24-19(12-28-14)20-6-5-18(29-20)7-8-22-21(25)15-3-2-4-17(9-15)26-10-16-11-27-13-23-16/h2-6,9,11-13H,7-8,10H2,1H3,(H,22,25).